The Kier molecular flexibility index (Phi) is 3.76. The standard InChI is InChI=1S/C16H24FN/c1-15(2)7-9-16(12-18,10-8-15)11-13-5-3-4-6-14(13)17/h3-6H,7-12,18H2,1-2H3. The number of hydrogen-bond donors (Lipinski definition) is 1. The molecule has 0 heterocycles. The summed E-state index contributed by atoms with van der Waals surface area (Å²) in [6.07, 6.45) is 5.40. The van der Waals surface area contributed by atoms with Crippen LogP contribution >= 0.6 is 0 Å². The lowest BCUT2D eigenvalue weighted by atomic mass is 9.63. The first kappa shape index (κ1) is 13.5. The molecule has 0 radical (unpaired) electrons. The van der Waals surface area contributed by atoms with E-state index in [-0.39, 0.29) is 11.2 Å². The van der Waals surface area contributed by atoms with E-state index in [0.29, 0.717) is 12.0 Å². The summed E-state index contributed by atoms with van der Waals surface area (Å²) in [4.78, 5) is 0. The molecule has 1 aromatic carbocycles. The zero-order valence-electron chi connectivity index (χ0n) is 11.5. The Balaban J connectivity index is 2.13. The lowest BCUT2D eigenvalue weighted by Crippen LogP contribution is -2.39. The van der Waals surface area contributed by atoms with Crippen molar-refractivity contribution in [3.05, 3.63) is 35.6 Å². The molecule has 1 aromatic rings. The molecule has 100 valence electrons. The number of nitrogens with two attached hydrogens (primary N) is 1. The molecule has 0 saturated heterocycles. The van der Waals surface area contributed by atoms with Crippen LogP contribution in [0.1, 0.15) is 45.1 Å². The summed E-state index contributed by atoms with van der Waals surface area (Å²) in [6, 6.07) is 7.10. The van der Waals surface area contributed by atoms with Crippen LogP contribution in [0.15, 0.2) is 24.3 Å². The average molecular weight is 249 g/mol. The number of rotatable bonds is 3. The molecule has 18 heavy (non-hydrogen) atoms. The minimum atomic E-state index is -0.0878. The highest BCUT2D eigenvalue weighted by Gasteiger charge is 2.37. The summed E-state index contributed by atoms with van der Waals surface area (Å²) in [5.74, 6) is -0.0878. The summed E-state index contributed by atoms with van der Waals surface area (Å²) >= 11 is 0. The Hall–Kier alpha value is -0.890. The molecule has 1 saturated carbocycles. The zero-order valence-corrected chi connectivity index (χ0v) is 11.5. The number of hydrogen-bond acceptors (Lipinski definition) is 1. The first-order valence-corrected chi connectivity index (χ1v) is 6.90. The fourth-order valence-corrected chi connectivity index (χ4v) is 2.96. The van der Waals surface area contributed by atoms with Crippen LogP contribution in [0.2, 0.25) is 0 Å². The predicted molar refractivity (Wildman–Crippen MR) is 73.8 cm³/mol. The van der Waals surface area contributed by atoms with Crippen LogP contribution in [0.25, 0.3) is 0 Å². The summed E-state index contributed by atoms with van der Waals surface area (Å²) in [5.41, 5.74) is 7.36. The molecule has 0 unspecified atom stereocenters. The van der Waals surface area contributed by atoms with Crippen molar-refractivity contribution in [2.24, 2.45) is 16.6 Å². The lowest BCUT2D eigenvalue weighted by Gasteiger charge is -2.43. The fourth-order valence-electron chi connectivity index (χ4n) is 2.96. The third kappa shape index (κ3) is 2.92. The largest absolute Gasteiger partial charge is 0.330 e. The van der Waals surface area contributed by atoms with Crippen molar-refractivity contribution in [2.45, 2.75) is 46.0 Å². The monoisotopic (exact) mass is 249 g/mol. The van der Waals surface area contributed by atoms with E-state index in [1.165, 1.54) is 12.8 Å². The van der Waals surface area contributed by atoms with Crippen LogP contribution in [-0.4, -0.2) is 6.54 Å². The average Bonchev–Trinajstić information content (AvgIpc) is 2.35. The minimum Gasteiger partial charge on any atom is -0.330 e. The van der Waals surface area contributed by atoms with Gasteiger partial charge in [0, 0.05) is 0 Å². The molecule has 1 aliphatic carbocycles. The third-order valence-corrected chi connectivity index (χ3v) is 4.62. The van der Waals surface area contributed by atoms with Gasteiger partial charge in [0.05, 0.1) is 0 Å². The van der Waals surface area contributed by atoms with Gasteiger partial charge >= 0.3 is 0 Å². The summed E-state index contributed by atoms with van der Waals surface area (Å²) in [6.45, 7) is 5.30. The topological polar surface area (TPSA) is 26.0 Å². The quantitative estimate of drug-likeness (QED) is 0.863. The molecule has 2 N–H and O–H groups in total. The van der Waals surface area contributed by atoms with Crippen LogP contribution in [0.5, 0.6) is 0 Å². The molecule has 0 bridgehead atoms. The van der Waals surface area contributed by atoms with E-state index in [4.69, 9.17) is 5.73 Å². The van der Waals surface area contributed by atoms with Crippen molar-refractivity contribution in [3.8, 4) is 0 Å². The summed E-state index contributed by atoms with van der Waals surface area (Å²) in [7, 11) is 0. The fraction of sp³-hybridized carbons (Fsp3) is 0.625. The second kappa shape index (κ2) is 5.00. The first-order chi connectivity index (χ1) is 8.46. The van der Waals surface area contributed by atoms with Crippen LogP contribution in [0.3, 0.4) is 0 Å². The summed E-state index contributed by atoms with van der Waals surface area (Å²) in [5, 5.41) is 0. The SMILES string of the molecule is CC1(C)CCC(CN)(Cc2ccccc2F)CC1. The Morgan fingerprint density at radius 1 is 1.11 bits per heavy atom. The van der Waals surface area contributed by atoms with E-state index in [2.05, 4.69) is 13.8 Å². The maximum absolute atomic E-state index is 13.8. The van der Waals surface area contributed by atoms with Gasteiger partial charge in [-0.05, 0) is 61.1 Å². The van der Waals surface area contributed by atoms with Gasteiger partial charge in [-0.15, -0.1) is 0 Å². The predicted octanol–water partition coefficient (Wildman–Crippen LogP) is 3.91. The molecule has 1 nitrogen and oxygen atoms in total. The zero-order chi connectivity index (χ0) is 13.2. The van der Waals surface area contributed by atoms with Crippen LogP contribution in [0, 0.1) is 16.6 Å². The second-order valence-corrected chi connectivity index (χ2v) is 6.64. The second-order valence-electron chi connectivity index (χ2n) is 6.64. The van der Waals surface area contributed by atoms with Crippen molar-refractivity contribution in [1.29, 1.82) is 0 Å². The highest BCUT2D eigenvalue weighted by molar-refractivity contribution is 5.19. The molecule has 0 amide bonds. The van der Waals surface area contributed by atoms with Gasteiger partial charge in [0.25, 0.3) is 0 Å². The van der Waals surface area contributed by atoms with Gasteiger partial charge < -0.3 is 5.73 Å². The molecule has 1 aliphatic rings. The Morgan fingerprint density at radius 3 is 2.28 bits per heavy atom. The van der Waals surface area contributed by atoms with Crippen molar-refractivity contribution in [2.75, 3.05) is 6.54 Å². The molecular formula is C16H24FN. The lowest BCUT2D eigenvalue weighted by molar-refractivity contribution is 0.107. The molecule has 2 heteroatoms. The van der Waals surface area contributed by atoms with Crippen molar-refractivity contribution in [1.82, 2.24) is 0 Å². The van der Waals surface area contributed by atoms with E-state index in [1.54, 1.807) is 12.1 Å². The van der Waals surface area contributed by atoms with Crippen LogP contribution < -0.4 is 5.73 Å². The van der Waals surface area contributed by atoms with Gasteiger partial charge in [0.1, 0.15) is 5.82 Å². The van der Waals surface area contributed by atoms with Crippen molar-refractivity contribution < 1.29 is 4.39 Å². The van der Waals surface area contributed by atoms with Crippen molar-refractivity contribution in [3.63, 3.8) is 0 Å². The van der Waals surface area contributed by atoms with Crippen LogP contribution in [0.4, 0.5) is 4.39 Å². The van der Waals surface area contributed by atoms with Gasteiger partial charge in [-0.25, -0.2) is 4.39 Å². The normalized spacial score (nSPS) is 21.8. The van der Waals surface area contributed by atoms with E-state index < -0.39 is 0 Å². The molecule has 1 fully saturated rings. The first-order valence-electron chi connectivity index (χ1n) is 6.90. The molecule has 0 aromatic heterocycles. The van der Waals surface area contributed by atoms with Crippen molar-refractivity contribution >= 4 is 0 Å². The molecular weight excluding hydrogens is 225 g/mol. The van der Waals surface area contributed by atoms with E-state index in [9.17, 15) is 4.39 Å². The molecule has 0 spiro atoms. The Morgan fingerprint density at radius 2 is 1.72 bits per heavy atom. The molecule has 0 atom stereocenters. The van der Waals surface area contributed by atoms with Crippen LogP contribution in [-0.2, 0) is 6.42 Å². The number of halogens is 1. The van der Waals surface area contributed by atoms with E-state index in [0.717, 1.165) is 24.8 Å². The maximum Gasteiger partial charge on any atom is 0.126 e. The van der Waals surface area contributed by atoms with Gasteiger partial charge in [-0.3, -0.25) is 0 Å². The highest BCUT2D eigenvalue weighted by atomic mass is 19.1. The minimum absolute atomic E-state index is 0.0878. The molecule has 0 aliphatic heterocycles. The van der Waals surface area contributed by atoms with E-state index >= 15 is 0 Å². The maximum atomic E-state index is 13.8. The Labute approximate surface area is 110 Å². The summed E-state index contributed by atoms with van der Waals surface area (Å²) < 4.78 is 13.8. The van der Waals surface area contributed by atoms with Gasteiger partial charge in [-0.2, -0.15) is 0 Å². The van der Waals surface area contributed by atoms with Gasteiger partial charge in [0.15, 0.2) is 0 Å². The third-order valence-electron chi connectivity index (χ3n) is 4.62. The molecule has 2 rings (SSSR count). The highest BCUT2D eigenvalue weighted by Crippen LogP contribution is 2.46. The Bertz CT molecular complexity index is 401. The van der Waals surface area contributed by atoms with E-state index in [1.807, 2.05) is 12.1 Å². The number of benzene rings is 1. The van der Waals surface area contributed by atoms with Gasteiger partial charge in [-0.1, -0.05) is 32.0 Å². The van der Waals surface area contributed by atoms with Gasteiger partial charge in [0.2, 0.25) is 0 Å². The smallest absolute Gasteiger partial charge is 0.126 e.